The molecule has 4 aromatic rings. The molecular weight excluding hydrogens is 559 g/mol. The highest BCUT2D eigenvalue weighted by Crippen LogP contribution is 2.35. The van der Waals surface area contributed by atoms with Gasteiger partial charge in [0.25, 0.3) is 0 Å². The first-order valence-electron chi connectivity index (χ1n) is 11.9. The maximum atomic E-state index is 15.2. The van der Waals surface area contributed by atoms with Crippen LogP contribution in [0.3, 0.4) is 0 Å². The molecule has 1 unspecified atom stereocenters. The Balaban J connectivity index is 1.65. The number of hydrogen-bond donors (Lipinski definition) is 1. The number of methoxy groups -OCH3 is 1. The summed E-state index contributed by atoms with van der Waals surface area (Å²) < 4.78 is 33.7. The highest BCUT2D eigenvalue weighted by Gasteiger charge is 2.30. The van der Waals surface area contributed by atoms with Crippen molar-refractivity contribution in [2.24, 2.45) is 0 Å². The third-order valence-corrected chi connectivity index (χ3v) is 8.20. The number of nitrogens with one attached hydrogen (secondary N) is 1. The molecule has 0 bridgehead atoms. The van der Waals surface area contributed by atoms with Crippen LogP contribution in [0.1, 0.15) is 33.4 Å². The number of nitrogens with zero attached hydrogens (tertiary/aromatic N) is 3. The third kappa shape index (κ3) is 6.28. The predicted octanol–water partition coefficient (Wildman–Crippen LogP) is 6.53. The van der Waals surface area contributed by atoms with Crippen molar-refractivity contribution >= 4 is 46.7 Å². The van der Waals surface area contributed by atoms with E-state index in [9.17, 15) is 4.79 Å². The zero-order chi connectivity index (χ0) is 26.7. The summed E-state index contributed by atoms with van der Waals surface area (Å²) in [6, 6.07) is 10.8. The van der Waals surface area contributed by atoms with E-state index in [-0.39, 0.29) is 5.76 Å². The number of carbonyl (C=O) groups is 1. The Kier molecular flexibility index (Phi) is 8.15. The van der Waals surface area contributed by atoms with Crippen LogP contribution in [0.15, 0.2) is 51.7 Å². The lowest BCUT2D eigenvalue weighted by Crippen LogP contribution is -2.21. The van der Waals surface area contributed by atoms with Crippen molar-refractivity contribution in [3.05, 3.63) is 75.6 Å². The monoisotopic (exact) mass is 588 g/mol. The Morgan fingerprint density at radius 1 is 1.24 bits per heavy atom. The number of aryl methyl sites for hydroxylation is 1. The van der Waals surface area contributed by atoms with Gasteiger partial charge in [0.2, 0.25) is 5.76 Å². The Hall–Kier alpha value is -3.02. The van der Waals surface area contributed by atoms with Crippen molar-refractivity contribution in [2.75, 3.05) is 19.0 Å². The first-order valence-corrected chi connectivity index (χ1v) is 16.4. The minimum absolute atomic E-state index is 0.0827. The van der Waals surface area contributed by atoms with Crippen LogP contribution in [0, 0.1) is 12.7 Å². The molecule has 0 radical (unpaired) electrons. The van der Waals surface area contributed by atoms with E-state index in [1.165, 1.54) is 13.2 Å². The Morgan fingerprint density at radius 2 is 2.03 bits per heavy atom. The van der Waals surface area contributed by atoms with Gasteiger partial charge >= 0.3 is 5.97 Å². The van der Waals surface area contributed by atoms with Gasteiger partial charge in [-0.25, -0.2) is 14.2 Å². The molecule has 0 aliphatic rings. The Bertz CT molecular complexity index is 1420. The zero-order valence-electron chi connectivity index (χ0n) is 21.5. The van der Waals surface area contributed by atoms with Crippen molar-refractivity contribution in [1.29, 1.82) is 0 Å². The first-order chi connectivity index (χ1) is 17.6. The molecule has 4 rings (SSSR count). The van der Waals surface area contributed by atoms with Gasteiger partial charge in [0.15, 0.2) is 0 Å². The van der Waals surface area contributed by atoms with Crippen molar-refractivity contribution in [2.45, 2.75) is 45.4 Å². The highest BCUT2D eigenvalue weighted by molar-refractivity contribution is 9.10. The molecule has 0 amide bonds. The molecule has 0 aliphatic heterocycles. The summed E-state index contributed by atoms with van der Waals surface area (Å²) in [5.41, 5.74) is 3.52. The fraction of sp³-hybridized carbons (Fsp3) is 0.346. The number of hydrogen-bond acceptors (Lipinski definition) is 7. The van der Waals surface area contributed by atoms with Gasteiger partial charge in [-0.05, 0) is 43.3 Å². The van der Waals surface area contributed by atoms with E-state index in [4.69, 9.17) is 14.0 Å². The molecule has 37 heavy (non-hydrogen) atoms. The van der Waals surface area contributed by atoms with E-state index in [1.807, 2.05) is 22.8 Å². The van der Waals surface area contributed by atoms with Crippen LogP contribution < -0.4 is 5.32 Å². The number of rotatable bonds is 10. The average Bonchev–Trinajstić information content (AvgIpc) is 3.42. The van der Waals surface area contributed by atoms with Crippen molar-refractivity contribution < 1.29 is 23.2 Å². The van der Waals surface area contributed by atoms with E-state index >= 15 is 4.39 Å². The van der Waals surface area contributed by atoms with E-state index in [0.29, 0.717) is 33.7 Å². The van der Waals surface area contributed by atoms with Crippen LogP contribution in [0.4, 0.5) is 10.1 Å². The normalized spacial score (nSPS) is 12.6. The molecule has 0 saturated heterocycles. The van der Waals surface area contributed by atoms with Crippen molar-refractivity contribution in [3.8, 4) is 0 Å². The van der Waals surface area contributed by atoms with E-state index in [1.54, 1.807) is 25.4 Å². The molecule has 196 valence electrons. The van der Waals surface area contributed by atoms with Gasteiger partial charge < -0.3 is 23.9 Å². The van der Waals surface area contributed by atoms with Crippen LogP contribution in [0.5, 0.6) is 0 Å². The second kappa shape index (κ2) is 11.2. The molecule has 0 spiro atoms. The molecule has 2 aromatic heterocycles. The summed E-state index contributed by atoms with van der Waals surface area (Å²) in [5, 5.41) is 7.30. The second-order valence-electron chi connectivity index (χ2n) is 10.0. The van der Waals surface area contributed by atoms with Gasteiger partial charge in [-0.3, -0.25) is 0 Å². The summed E-state index contributed by atoms with van der Waals surface area (Å²) in [7, 11) is 0.0958. The molecule has 2 heterocycles. The maximum Gasteiger partial charge on any atom is 0.377 e. The number of ether oxygens (including phenoxy) is 2. The van der Waals surface area contributed by atoms with E-state index in [2.05, 4.69) is 51.0 Å². The molecule has 0 saturated carbocycles. The minimum Gasteiger partial charge on any atom is -0.463 e. The van der Waals surface area contributed by atoms with Gasteiger partial charge in [-0.15, -0.1) is 0 Å². The van der Waals surface area contributed by atoms with Crippen LogP contribution in [0.2, 0.25) is 25.7 Å². The fourth-order valence-electron chi connectivity index (χ4n) is 3.96. The SMILES string of the molecule is COC(=O)c1onc(C)c1C(Nc1ccc2c(c1)ncn2COCC[Si](C)(C)C)c1ccc(Br)cc1F. The van der Waals surface area contributed by atoms with Crippen molar-refractivity contribution in [1.82, 2.24) is 14.7 Å². The van der Waals surface area contributed by atoms with Crippen LogP contribution >= 0.6 is 15.9 Å². The molecule has 1 atom stereocenters. The topological polar surface area (TPSA) is 91.4 Å². The van der Waals surface area contributed by atoms with Gasteiger partial charge in [0.05, 0.1) is 41.8 Å². The largest absolute Gasteiger partial charge is 0.463 e. The van der Waals surface area contributed by atoms with Gasteiger partial charge in [0, 0.05) is 30.4 Å². The van der Waals surface area contributed by atoms with Crippen molar-refractivity contribution in [3.63, 3.8) is 0 Å². The number of anilines is 1. The quantitative estimate of drug-likeness (QED) is 0.128. The molecule has 1 N–H and O–H groups in total. The summed E-state index contributed by atoms with van der Waals surface area (Å²) >= 11 is 3.30. The molecular formula is C26H30BrFN4O4Si. The highest BCUT2D eigenvalue weighted by atomic mass is 79.9. The maximum absolute atomic E-state index is 15.2. The molecule has 0 aliphatic carbocycles. The molecule has 0 fully saturated rings. The zero-order valence-corrected chi connectivity index (χ0v) is 24.1. The summed E-state index contributed by atoms with van der Waals surface area (Å²) in [4.78, 5) is 16.9. The van der Waals surface area contributed by atoms with Gasteiger partial charge in [0.1, 0.15) is 12.5 Å². The minimum atomic E-state index is -1.16. The van der Waals surface area contributed by atoms with Crippen LogP contribution in [0.25, 0.3) is 11.0 Å². The van der Waals surface area contributed by atoms with Gasteiger partial charge in [-0.1, -0.05) is 46.8 Å². The second-order valence-corrected chi connectivity index (χ2v) is 16.5. The van der Waals surface area contributed by atoms with E-state index in [0.717, 1.165) is 23.7 Å². The van der Waals surface area contributed by atoms with Gasteiger partial charge in [-0.2, -0.15) is 0 Å². The summed E-state index contributed by atoms with van der Waals surface area (Å²) in [6.45, 7) is 9.79. The first kappa shape index (κ1) is 27.0. The average molecular weight is 590 g/mol. The van der Waals surface area contributed by atoms with E-state index < -0.39 is 25.9 Å². The summed E-state index contributed by atoms with van der Waals surface area (Å²) in [6.07, 6.45) is 1.74. The fourth-order valence-corrected chi connectivity index (χ4v) is 5.05. The van der Waals surface area contributed by atoms with Crippen LogP contribution in [-0.2, 0) is 16.2 Å². The molecule has 2 aromatic carbocycles. The number of halogens is 2. The lowest BCUT2D eigenvalue weighted by molar-refractivity contribution is 0.0552. The standard InChI is InChI=1S/C26H30BrFN4O4Si/c1-16-23(25(36-31-16)26(33)34-2)24(19-8-6-17(27)12-20(19)28)30-18-7-9-22-21(13-18)29-14-32(22)15-35-10-11-37(3,4)5/h6-9,12-14,24,30H,10-11,15H2,1-5H3. The third-order valence-electron chi connectivity index (χ3n) is 6.00. The number of fused-ring (bicyclic) bond motifs is 1. The Morgan fingerprint density at radius 3 is 2.73 bits per heavy atom. The number of benzene rings is 2. The lowest BCUT2D eigenvalue weighted by Gasteiger charge is -2.21. The molecule has 11 heteroatoms. The number of esters is 1. The predicted molar refractivity (Wildman–Crippen MR) is 146 cm³/mol. The number of carbonyl (C=O) groups excluding carboxylic acids is 1. The Labute approximate surface area is 224 Å². The van der Waals surface area contributed by atoms with Crippen LogP contribution in [-0.4, -0.2) is 42.5 Å². The molecule has 8 nitrogen and oxygen atoms in total. The summed E-state index contributed by atoms with van der Waals surface area (Å²) in [5.74, 6) is -1.23. The number of aromatic nitrogens is 3. The smallest absolute Gasteiger partial charge is 0.377 e. The number of imidazole rings is 1. The lowest BCUT2D eigenvalue weighted by atomic mass is 9.96.